The monoisotopic (exact) mass is 537 g/mol. The maximum atomic E-state index is 13.5. The summed E-state index contributed by atoms with van der Waals surface area (Å²) in [5.41, 5.74) is 10.5. The number of nitrogens with two attached hydrogens (primary N) is 1. The molecule has 1 aliphatic carbocycles. The number of pyridine rings is 2. The second-order valence-corrected chi connectivity index (χ2v) is 12.4. The fourth-order valence-electron chi connectivity index (χ4n) is 6.00. The highest BCUT2D eigenvalue weighted by Gasteiger charge is 2.47. The van der Waals surface area contributed by atoms with Gasteiger partial charge in [-0.2, -0.15) is 0 Å². The van der Waals surface area contributed by atoms with Crippen LogP contribution in [0.3, 0.4) is 0 Å². The highest BCUT2D eigenvalue weighted by Crippen LogP contribution is 2.38. The van der Waals surface area contributed by atoms with E-state index in [1.54, 1.807) is 25.3 Å². The van der Waals surface area contributed by atoms with E-state index in [1.165, 1.54) is 7.05 Å². The molecule has 11 nitrogen and oxygen atoms in total. The Hall–Kier alpha value is -3.64. The minimum Gasteiger partial charge on any atom is -0.482 e. The third-order valence-corrected chi connectivity index (χ3v) is 9.39. The number of aromatic nitrogens is 4. The number of aryl methyl sites for hydroxylation is 2. The van der Waals surface area contributed by atoms with Crippen LogP contribution in [0.25, 0.3) is 28.1 Å². The van der Waals surface area contributed by atoms with Crippen LogP contribution in [0.15, 0.2) is 30.3 Å². The molecule has 2 bridgehead atoms. The lowest BCUT2D eigenvalue weighted by molar-refractivity contribution is 0.0700. The number of methoxy groups -OCH3 is 1. The fourth-order valence-corrected chi connectivity index (χ4v) is 6.44. The number of nitrogens with zero attached hydrogens (tertiary/aromatic N) is 6. The van der Waals surface area contributed by atoms with E-state index in [0.717, 1.165) is 40.2 Å². The van der Waals surface area contributed by atoms with Gasteiger partial charge >= 0.3 is 0 Å². The lowest BCUT2D eigenvalue weighted by Gasteiger charge is -2.27. The van der Waals surface area contributed by atoms with E-state index in [2.05, 4.69) is 4.98 Å². The number of anilines is 1. The molecule has 1 aliphatic heterocycles. The van der Waals surface area contributed by atoms with Crippen LogP contribution in [0.2, 0.25) is 0 Å². The van der Waals surface area contributed by atoms with Gasteiger partial charge in [0.05, 0.1) is 24.8 Å². The summed E-state index contributed by atoms with van der Waals surface area (Å²) >= 11 is 0. The predicted octanol–water partition coefficient (Wildman–Crippen LogP) is 2.16. The highest BCUT2D eigenvalue weighted by molar-refractivity contribution is 7.92. The molecular formula is C26H31N7O4S. The van der Waals surface area contributed by atoms with Crippen LogP contribution in [-0.2, 0) is 17.1 Å². The van der Waals surface area contributed by atoms with Crippen LogP contribution in [0.5, 0.6) is 5.88 Å². The molecule has 2 unspecified atom stereocenters. The fraction of sp³-hybridized carbons (Fsp3) is 0.423. The van der Waals surface area contributed by atoms with Gasteiger partial charge in [-0.1, -0.05) is 0 Å². The first-order chi connectivity index (χ1) is 18.0. The van der Waals surface area contributed by atoms with Crippen LogP contribution >= 0.6 is 0 Å². The van der Waals surface area contributed by atoms with Crippen LogP contribution < -0.4 is 14.8 Å². The molecule has 4 aromatic heterocycles. The van der Waals surface area contributed by atoms with Crippen LogP contribution in [0.4, 0.5) is 5.82 Å². The van der Waals surface area contributed by atoms with E-state index in [0.29, 0.717) is 46.7 Å². The third kappa shape index (κ3) is 3.57. The molecular weight excluding hydrogens is 506 g/mol. The minimum atomic E-state index is -3.44. The van der Waals surface area contributed by atoms with E-state index in [1.807, 2.05) is 40.0 Å². The number of likely N-dealkylation sites (tertiary alicyclic amines) is 1. The molecule has 1 amide bonds. The molecule has 1 saturated heterocycles. The van der Waals surface area contributed by atoms with Gasteiger partial charge in [0.1, 0.15) is 22.8 Å². The quantitative estimate of drug-likeness (QED) is 0.413. The van der Waals surface area contributed by atoms with Gasteiger partial charge in [0.15, 0.2) is 5.88 Å². The Labute approximate surface area is 220 Å². The molecule has 5 heterocycles. The second kappa shape index (κ2) is 8.43. The number of hydrogen-bond acceptors (Lipinski definition) is 7. The van der Waals surface area contributed by atoms with E-state index in [9.17, 15) is 13.2 Å². The van der Waals surface area contributed by atoms with Gasteiger partial charge in [0.2, 0.25) is 10.0 Å². The maximum absolute atomic E-state index is 13.5. The van der Waals surface area contributed by atoms with Crippen molar-refractivity contribution in [1.29, 1.82) is 0 Å². The number of ether oxygens (including phenoxy) is 1. The van der Waals surface area contributed by atoms with E-state index in [-0.39, 0.29) is 18.0 Å². The summed E-state index contributed by atoms with van der Waals surface area (Å²) < 4.78 is 34.7. The summed E-state index contributed by atoms with van der Waals surface area (Å²) in [6, 6.07) is 9.20. The standard InChI is InChI=1S/C26H31N7O4S/c1-14-24(19-10-15-7-9-20(29-25(15)30(19)2)31(3)38(5,35)36)28-21-11-17(12-22(37-4)33(14)21)26(34)32-13-16-6-8-18(32)23(16)27/h7,9-12,16,18,23H,6,8,13,27H2,1-5H3/t16?,18?,23-/m1/s1. The first-order valence-electron chi connectivity index (χ1n) is 12.5. The van der Waals surface area contributed by atoms with Crippen LogP contribution in [0.1, 0.15) is 28.9 Å². The number of carbonyl (C=O) groups is 1. The lowest BCUT2D eigenvalue weighted by atomic mass is 10.1. The molecule has 3 atom stereocenters. The molecule has 1 saturated carbocycles. The summed E-state index contributed by atoms with van der Waals surface area (Å²) in [7, 11) is 1.49. The first kappa shape index (κ1) is 24.7. The second-order valence-electron chi connectivity index (χ2n) is 10.4. The summed E-state index contributed by atoms with van der Waals surface area (Å²) in [4.78, 5) is 24.9. The van der Waals surface area contributed by atoms with Gasteiger partial charge in [0, 0.05) is 49.7 Å². The summed E-state index contributed by atoms with van der Waals surface area (Å²) in [5, 5.41) is 0.855. The van der Waals surface area contributed by atoms with E-state index >= 15 is 0 Å². The normalized spacial score (nSPS) is 21.1. The van der Waals surface area contributed by atoms with Gasteiger partial charge in [-0.25, -0.2) is 18.4 Å². The number of amides is 1. The Morgan fingerprint density at radius 1 is 1.18 bits per heavy atom. The maximum Gasteiger partial charge on any atom is 0.254 e. The minimum absolute atomic E-state index is 0.0441. The topological polar surface area (TPSA) is 128 Å². The van der Waals surface area contributed by atoms with Crippen LogP contribution in [-0.4, -0.2) is 77.2 Å². The number of fused-ring (bicyclic) bond motifs is 4. The molecule has 4 aromatic rings. The zero-order valence-corrected chi connectivity index (χ0v) is 22.9. The average molecular weight is 538 g/mol. The Kier molecular flexibility index (Phi) is 5.48. The van der Waals surface area contributed by atoms with Gasteiger partial charge in [-0.3, -0.25) is 13.5 Å². The molecule has 2 N–H and O–H groups in total. The molecule has 2 fully saturated rings. The summed E-state index contributed by atoms with van der Waals surface area (Å²) in [6.07, 6.45) is 3.16. The van der Waals surface area contributed by atoms with E-state index in [4.69, 9.17) is 15.5 Å². The van der Waals surface area contributed by atoms with Crippen molar-refractivity contribution in [3.8, 4) is 17.3 Å². The van der Waals surface area contributed by atoms with Gasteiger partial charge < -0.3 is 19.9 Å². The van der Waals surface area contributed by atoms with E-state index < -0.39 is 10.0 Å². The van der Waals surface area contributed by atoms with Gasteiger partial charge in [-0.05, 0) is 49.9 Å². The Morgan fingerprint density at radius 3 is 2.58 bits per heavy atom. The van der Waals surface area contributed by atoms with Crippen molar-refractivity contribution in [1.82, 2.24) is 23.8 Å². The third-order valence-electron chi connectivity index (χ3n) is 8.21. The molecule has 200 valence electrons. The zero-order chi connectivity index (χ0) is 27.1. The molecule has 2 aliphatic rings. The van der Waals surface area contributed by atoms with Crippen molar-refractivity contribution in [2.45, 2.75) is 31.8 Å². The smallest absolute Gasteiger partial charge is 0.254 e. The van der Waals surface area contributed by atoms with Gasteiger partial charge in [0.25, 0.3) is 5.91 Å². The number of piperidine rings is 1. The van der Waals surface area contributed by atoms with Gasteiger partial charge in [-0.15, -0.1) is 0 Å². The van der Waals surface area contributed by atoms with Crippen LogP contribution in [0, 0.1) is 12.8 Å². The average Bonchev–Trinajstić information content (AvgIpc) is 3.62. The van der Waals surface area contributed by atoms with Crippen molar-refractivity contribution in [2.75, 3.05) is 31.3 Å². The Morgan fingerprint density at radius 2 is 1.95 bits per heavy atom. The molecule has 38 heavy (non-hydrogen) atoms. The largest absolute Gasteiger partial charge is 0.482 e. The molecule has 0 radical (unpaired) electrons. The number of rotatable bonds is 5. The highest BCUT2D eigenvalue weighted by atomic mass is 32.2. The summed E-state index contributed by atoms with van der Waals surface area (Å²) in [5.74, 6) is 1.17. The van der Waals surface area contributed by atoms with Crippen molar-refractivity contribution >= 4 is 38.4 Å². The van der Waals surface area contributed by atoms with Crippen molar-refractivity contribution in [2.24, 2.45) is 18.7 Å². The molecule has 0 aromatic carbocycles. The van der Waals surface area contributed by atoms with Crippen molar-refractivity contribution in [3.63, 3.8) is 0 Å². The number of sulfonamides is 1. The Balaban J connectivity index is 1.44. The Bertz CT molecular complexity index is 1720. The van der Waals surface area contributed by atoms with Crippen molar-refractivity contribution in [3.05, 3.63) is 41.6 Å². The SMILES string of the molecule is COc1cc(C(=O)N2CC3CCC2[C@@H]3N)cc2nc(-c3cc4ccc(N(C)S(C)(=O)=O)nc4n3C)c(C)n12. The number of imidazole rings is 1. The first-order valence-corrected chi connectivity index (χ1v) is 14.4. The summed E-state index contributed by atoms with van der Waals surface area (Å²) in [6.45, 7) is 2.64. The molecule has 6 rings (SSSR count). The zero-order valence-electron chi connectivity index (χ0n) is 22.0. The molecule has 0 spiro atoms. The predicted molar refractivity (Wildman–Crippen MR) is 145 cm³/mol. The lowest BCUT2D eigenvalue weighted by Crippen LogP contribution is -2.41. The number of carbonyl (C=O) groups excluding carboxylic acids is 1. The van der Waals surface area contributed by atoms with Crippen molar-refractivity contribution < 1.29 is 17.9 Å². The molecule has 12 heteroatoms. The number of hydrogen-bond donors (Lipinski definition) is 1.